The van der Waals surface area contributed by atoms with Gasteiger partial charge in [0.25, 0.3) is 0 Å². The van der Waals surface area contributed by atoms with Crippen LogP contribution in [-0.4, -0.2) is 48.0 Å². The molecule has 1 saturated heterocycles. The highest BCUT2D eigenvalue weighted by Crippen LogP contribution is 2.24. The molecule has 1 aliphatic rings. The van der Waals surface area contributed by atoms with Crippen LogP contribution in [0.5, 0.6) is 0 Å². The summed E-state index contributed by atoms with van der Waals surface area (Å²) in [6.07, 6.45) is 7.95. The monoisotopic (exact) mass is 497 g/mol. The van der Waals surface area contributed by atoms with Gasteiger partial charge >= 0.3 is 5.97 Å². The van der Waals surface area contributed by atoms with Crippen LogP contribution in [0.2, 0.25) is 5.02 Å². The molecule has 2 atom stereocenters. The molecular formula is C25H24ClN3O4S. The van der Waals surface area contributed by atoms with Crippen molar-refractivity contribution in [1.82, 2.24) is 14.6 Å². The minimum Gasteiger partial charge on any atom is -0.478 e. The molecule has 176 valence electrons. The van der Waals surface area contributed by atoms with Gasteiger partial charge in [0.2, 0.25) is 10.0 Å². The average molecular weight is 498 g/mol. The number of halogens is 1. The summed E-state index contributed by atoms with van der Waals surface area (Å²) >= 11 is 5.89. The van der Waals surface area contributed by atoms with Crippen LogP contribution in [0.1, 0.15) is 27.9 Å². The van der Waals surface area contributed by atoms with Crippen LogP contribution in [0.4, 0.5) is 0 Å². The molecule has 9 heteroatoms. The number of nitrogens with one attached hydrogen (secondary N) is 1. The second-order valence-corrected chi connectivity index (χ2v) is 10.3. The number of sulfonamides is 1. The first kappa shape index (κ1) is 24.1. The van der Waals surface area contributed by atoms with Crippen molar-refractivity contribution in [1.29, 1.82) is 0 Å². The van der Waals surface area contributed by atoms with Crippen molar-refractivity contribution in [2.24, 2.45) is 0 Å². The number of pyridine rings is 1. The zero-order chi connectivity index (χ0) is 24.1. The number of rotatable bonds is 8. The first-order valence-electron chi connectivity index (χ1n) is 10.7. The van der Waals surface area contributed by atoms with Crippen LogP contribution in [0.15, 0.2) is 84.0 Å². The van der Waals surface area contributed by atoms with Crippen LogP contribution in [0, 0.1) is 0 Å². The Morgan fingerprint density at radius 1 is 1.18 bits per heavy atom. The Balaban J connectivity index is 1.53. The number of aromatic carboxylic acids is 1. The van der Waals surface area contributed by atoms with Gasteiger partial charge in [-0.25, -0.2) is 17.9 Å². The zero-order valence-electron chi connectivity index (χ0n) is 18.2. The third kappa shape index (κ3) is 6.09. The third-order valence-electron chi connectivity index (χ3n) is 5.65. The van der Waals surface area contributed by atoms with Gasteiger partial charge in [-0.05, 0) is 60.0 Å². The van der Waals surface area contributed by atoms with Crippen LogP contribution in [0.25, 0.3) is 6.08 Å². The number of carboxylic acids is 1. The number of carbonyl (C=O) groups is 1. The summed E-state index contributed by atoms with van der Waals surface area (Å²) in [5, 5.41) is 9.71. The lowest BCUT2D eigenvalue weighted by Crippen LogP contribution is -2.37. The van der Waals surface area contributed by atoms with E-state index in [9.17, 15) is 18.3 Å². The molecule has 0 bridgehead atoms. The van der Waals surface area contributed by atoms with Crippen molar-refractivity contribution in [3.05, 3.63) is 101 Å². The lowest BCUT2D eigenvalue weighted by atomic mass is 10.1. The normalized spacial score (nSPS) is 19.0. The van der Waals surface area contributed by atoms with Crippen LogP contribution < -0.4 is 4.72 Å². The predicted octanol–water partition coefficient (Wildman–Crippen LogP) is 4.07. The van der Waals surface area contributed by atoms with Crippen molar-refractivity contribution in [3.63, 3.8) is 0 Å². The summed E-state index contributed by atoms with van der Waals surface area (Å²) in [5.74, 6) is -0.981. The Morgan fingerprint density at radius 2 is 1.97 bits per heavy atom. The number of carboxylic acid groups (broad SMARTS) is 1. The van der Waals surface area contributed by atoms with E-state index in [0.717, 1.165) is 11.1 Å². The molecule has 34 heavy (non-hydrogen) atoms. The maximum atomic E-state index is 12.9. The molecule has 0 radical (unpaired) electrons. The maximum Gasteiger partial charge on any atom is 0.335 e. The molecule has 3 aromatic rings. The molecule has 2 N–H and O–H groups in total. The van der Waals surface area contributed by atoms with Gasteiger partial charge in [-0.15, -0.1) is 0 Å². The molecule has 4 rings (SSSR count). The second-order valence-electron chi connectivity index (χ2n) is 8.16. The molecule has 1 aromatic heterocycles. The quantitative estimate of drug-likeness (QED) is 0.486. The van der Waals surface area contributed by atoms with E-state index in [1.807, 2.05) is 30.4 Å². The fourth-order valence-electron chi connectivity index (χ4n) is 4.03. The minimum atomic E-state index is -3.70. The second kappa shape index (κ2) is 10.5. The number of hydrogen-bond acceptors (Lipinski definition) is 5. The fourth-order valence-corrected chi connectivity index (χ4v) is 5.39. The van der Waals surface area contributed by atoms with Crippen LogP contribution in [-0.2, 0) is 16.6 Å². The highest BCUT2D eigenvalue weighted by atomic mass is 35.5. The average Bonchev–Trinajstić information content (AvgIpc) is 3.19. The van der Waals surface area contributed by atoms with E-state index in [2.05, 4.69) is 14.6 Å². The summed E-state index contributed by atoms with van der Waals surface area (Å²) in [6, 6.07) is 16.3. The third-order valence-corrected chi connectivity index (χ3v) is 7.44. The molecule has 2 heterocycles. The summed E-state index contributed by atoms with van der Waals surface area (Å²) < 4.78 is 28.6. The molecule has 0 amide bonds. The van der Waals surface area contributed by atoms with E-state index in [1.54, 1.807) is 42.7 Å². The highest BCUT2D eigenvalue weighted by molar-refractivity contribution is 7.89. The topological polar surface area (TPSA) is 99.6 Å². The van der Waals surface area contributed by atoms with Crippen LogP contribution >= 0.6 is 11.6 Å². The van der Waals surface area contributed by atoms with Crippen molar-refractivity contribution >= 4 is 33.7 Å². The SMILES string of the molecule is O=C(O)c1cccc(C=C[C@@H]2C[C@@H](NS(=O)(=O)c3ccc(Cl)cc3)CN2Cc2cccnc2)c1. The van der Waals surface area contributed by atoms with Crippen LogP contribution in [0.3, 0.4) is 0 Å². The molecule has 0 saturated carbocycles. The van der Waals surface area contributed by atoms with Gasteiger partial charge in [0.15, 0.2) is 0 Å². The Kier molecular flexibility index (Phi) is 7.43. The van der Waals surface area contributed by atoms with Crippen molar-refractivity contribution in [2.75, 3.05) is 6.54 Å². The van der Waals surface area contributed by atoms with Crippen molar-refractivity contribution in [3.8, 4) is 0 Å². The van der Waals surface area contributed by atoms with Gasteiger partial charge in [-0.3, -0.25) is 9.88 Å². The number of nitrogens with zero attached hydrogens (tertiary/aromatic N) is 2. The summed E-state index contributed by atoms with van der Waals surface area (Å²) in [6.45, 7) is 1.13. The highest BCUT2D eigenvalue weighted by Gasteiger charge is 2.33. The van der Waals surface area contributed by atoms with Gasteiger partial charge in [0.05, 0.1) is 10.5 Å². The van der Waals surface area contributed by atoms with Gasteiger partial charge in [0, 0.05) is 42.6 Å². The molecular weight excluding hydrogens is 474 g/mol. The molecule has 0 spiro atoms. The lowest BCUT2D eigenvalue weighted by molar-refractivity contribution is 0.0697. The minimum absolute atomic E-state index is 0.0494. The summed E-state index contributed by atoms with van der Waals surface area (Å²) in [5.41, 5.74) is 2.01. The van der Waals surface area contributed by atoms with Gasteiger partial charge in [-0.1, -0.05) is 42.0 Å². The smallest absolute Gasteiger partial charge is 0.335 e. The fraction of sp³-hybridized carbons (Fsp3) is 0.200. The Hall–Kier alpha value is -3.04. The zero-order valence-corrected chi connectivity index (χ0v) is 19.8. The van der Waals surface area contributed by atoms with Gasteiger partial charge < -0.3 is 5.11 Å². The van der Waals surface area contributed by atoms with Crippen molar-refractivity contribution < 1.29 is 18.3 Å². The Morgan fingerprint density at radius 3 is 2.68 bits per heavy atom. The van der Waals surface area contributed by atoms with Gasteiger partial charge in [-0.2, -0.15) is 0 Å². The number of aromatic nitrogens is 1. The molecule has 2 aromatic carbocycles. The molecule has 1 aliphatic heterocycles. The number of likely N-dealkylation sites (tertiary alicyclic amines) is 1. The number of hydrogen-bond donors (Lipinski definition) is 2. The van der Waals surface area contributed by atoms with E-state index in [0.29, 0.717) is 24.5 Å². The van der Waals surface area contributed by atoms with E-state index in [-0.39, 0.29) is 22.5 Å². The molecule has 0 unspecified atom stereocenters. The predicted molar refractivity (Wildman–Crippen MR) is 131 cm³/mol. The first-order chi connectivity index (χ1) is 16.3. The van der Waals surface area contributed by atoms with Crippen molar-refractivity contribution in [2.45, 2.75) is 29.9 Å². The molecule has 0 aliphatic carbocycles. The summed E-state index contributed by atoms with van der Waals surface area (Å²) in [4.78, 5) is 17.8. The van der Waals surface area contributed by atoms with E-state index in [4.69, 9.17) is 11.6 Å². The molecule has 1 fully saturated rings. The summed E-state index contributed by atoms with van der Waals surface area (Å²) in [7, 11) is -3.70. The van der Waals surface area contributed by atoms with E-state index >= 15 is 0 Å². The van der Waals surface area contributed by atoms with E-state index in [1.165, 1.54) is 12.1 Å². The number of benzene rings is 2. The largest absolute Gasteiger partial charge is 0.478 e. The first-order valence-corrected chi connectivity index (χ1v) is 12.6. The standard InChI is InChI=1S/C25H24ClN3O4S/c26-21-7-10-24(11-8-21)34(32,33)28-22-14-23(29(17-22)16-19-4-2-12-27-15-19)9-6-18-3-1-5-20(13-18)25(30)31/h1-13,15,22-23,28H,14,16-17H2,(H,30,31)/t22-,23-/m1/s1. The Labute approximate surface area is 203 Å². The van der Waals surface area contributed by atoms with E-state index < -0.39 is 16.0 Å². The Bertz CT molecular complexity index is 1280. The lowest BCUT2D eigenvalue weighted by Gasteiger charge is -2.21. The molecule has 7 nitrogen and oxygen atoms in total. The maximum absolute atomic E-state index is 12.9. The van der Waals surface area contributed by atoms with Gasteiger partial charge in [0.1, 0.15) is 0 Å².